The van der Waals surface area contributed by atoms with Gasteiger partial charge in [-0.05, 0) is 60.1 Å². The quantitative estimate of drug-likeness (QED) is 0.626. The van der Waals surface area contributed by atoms with E-state index in [9.17, 15) is 18.0 Å². The number of nitrogens with one attached hydrogen (secondary N) is 2. The minimum atomic E-state index is -3.76. The molecule has 0 aliphatic carbocycles. The largest absolute Gasteiger partial charge is 0.452 e. The minimum absolute atomic E-state index is 0.00847. The Hall–Kier alpha value is -2.23. The Bertz CT molecular complexity index is 930. The first-order valence-electron chi connectivity index (χ1n) is 8.03. The third kappa shape index (κ3) is 6.16. The molecule has 0 atom stereocenters. The highest BCUT2D eigenvalue weighted by atomic mass is 79.9. The van der Waals surface area contributed by atoms with Crippen molar-refractivity contribution >= 4 is 43.5 Å². The van der Waals surface area contributed by atoms with Crippen LogP contribution in [-0.4, -0.2) is 32.9 Å². The molecule has 7 nitrogen and oxygen atoms in total. The number of halogens is 1. The zero-order chi connectivity index (χ0) is 20.0. The monoisotopic (exact) mass is 454 g/mol. The van der Waals surface area contributed by atoms with Gasteiger partial charge in [-0.15, -0.1) is 0 Å². The summed E-state index contributed by atoms with van der Waals surface area (Å²) in [6, 6.07) is 12.4. The minimum Gasteiger partial charge on any atom is -0.452 e. The van der Waals surface area contributed by atoms with E-state index >= 15 is 0 Å². The summed E-state index contributed by atoms with van der Waals surface area (Å²) in [7, 11) is -3.76. The summed E-state index contributed by atoms with van der Waals surface area (Å²) in [6.45, 7) is 2.88. The summed E-state index contributed by atoms with van der Waals surface area (Å²) in [5, 5.41) is 2.59. The normalized spacial score (nSPS) is 11.3. The number of benzene rings is 2. The third-order valence-electron chi connectivity index (χ3n) is 3.25. The molecular formula is C18H19BrN2O5S. The lowest BCUT2D eigenvalue weighted by molar-refractivity contribution is -0.119. The van der Waals surface area contributed by atoms with Crippen molar-refractivity contribution in [3.8, 4) is 0 Å². The van der Waals surface area contributed by atoms with E-state index < -0.39 is 28.5 Å². The number of carbonyl (C=O) groups is 2. The van der Waals surface area contributed by atoms with E-state index in [0.717, 1.165) is 0 Å². The lowest BCUT2D eigenvalue weighted by atomic mass is 10.2. The molecule has 0 saturated carbocycles. The van der Waals surface area contributed by atoms with Crippen molar-refractivity contribution in [2.45, 2.75) is 24.8 Å². The Labute approximate surface area is 166 Å². The Morgan fingerprint density at radius 2 is 1.78 bits per heavy atom. The van der Waals surface area contributed by atoms with Gasteiger partial charge in [0.25, 0.3) is 5.91 Å². The average Bonchev–Trinajstić information content (AvgIpc) is 2.59. The van der Waals surface area contributed by atoms with E-state index in [4.69, 9.17) is 4.74 Å². The summed E-state index contributed by atoms with van der Waals surface area (Å²) in [4.78, 5) is 24.1. The first-order valence-corrected chi connectivity index (χ1v) is 10.3. The molecule has 0 heterocycles. The summed E-state index contributed by atoms with van der Waals surface area (Å²) in [5.74, 6) is -1.32. The van der Waals surface area contributed by atoms with Crippen LogP contribution in [-0.2, 0) is 19.6 Å². The van der Waals surface area contributed by atoms with Crippen LogP contribution in [0.4, 0.5) is 5.69 Å². The van der Waals surface area contributed by atoms with Gasteiger partial charge in [-0.1, -0.05) is 18.2 Å². The molecule has 0 aromatic heterocycles. The van der Waals surface area contributed by atoms with Gasteiger partial charge in [0.2, 0.25) is 10.0 Å². The Balaban J connectivity index is 2.07. The lowest BCUT2D eigenvalue weighted by Crippen LogP contribution is -2.30. The van der Waals surface area contributed by atoms with Crippen LogP contribution >= 0.6 is 15.9 Å². The van der Waals surface area contributed by atoms with E-state index in [0.29, 0.717) is 10.2 Å². The maximum atomic E-state index is 12.3. The van der Waals surface area contributed by atoms with Gasteiger partial charge in [-0.25, -0.2) is 17.9 Å². The molecule has 0 radical (unpaired) electrons. The number of amides is 1. The Morgan fingerprint density at radius 3 is 2.41 bits per heavy atom. The topological polar surface area (TPSA) is 102 Å². The van der Waals surface area contributed by atoms with Crippen LogP contribution < -0.4 is 10.0 Å². The molecule has 9 heteroatoms. The molecule has 0 unspecified atom stereocenters. The van der Waals surface area contributed by atoms with Crippen LogP contribution in [0.25, 0.3) is 0 Å². The van der Waals surface area contributed by atoms with E-state index in [-0.39, 0.29) is 16.5 Å². The molecule has 27 heavy (non-hydrogen) atoms. The number of carbonyl (C=O) groups excluding carboxylic acids is 2. The molecule has 0 saturated heterocycles. The summed E-state index contributed by atoms with van der Waals surface area (Å²) in [6.07, 6.45) is 0. The number of esters is 1. The fourth-order valence-corrected chi connectivity index (χ4v) is 3.82. The van der Waals surface area contributed by atoms with Crippen LogP contribution in [0.1, 0.15) is 24.2 Å². The number of anilines is 1. The van der Waals surface area contributed by atoms with E-state index in [1.54, 1.807) is 38.1 Å². The van der Waals surface area contributed by atoms with Crippen molar-refractivity contribution in [2.24, 2.45) is 0 Å². The van der Waals surface area contributed by atoms with Crippen LogP contribution in [0.5, 0.6) is 0 Å². The Kier molecular flexibility index (Phi) is 7.11. The van der Waals surface area contributed by atoms with E-state index in [1.165, 1.54) is 18.2 Å². The summed E-state index contributed by atoms with van der Waals surface area (Å²) < 4.78 is 32.3. The fourth-order valence-electron chi connectivity index (χ4n) is 2.13. The van der Waals surface area contributed by atoms with Gasteiger partial charge in [-0.3, -0.25) is 4.79 Å². The smallest absolute Gasteiger partial charge is 0.339 e. The van der Waals surface area contributed by atoms with Gasteiger partial charge >= 0.3 is 5.97 Å². The predicted octanol–water partition coefficient (Wildman–Crippen LogP) is 2.93. The second-order valence-electron chi connectivity index (χ2n) is 5.91. The van der Waals surface area contributed by atoms with E-state index in [1.807, 2.05) is 6.07 Å². The second-order valence-corrected chi connectivity index (χ2v) is 8.48. The molecule has 0 aliphatic heterocycles. The van der Waals surface area contributed by atoms with Crippen LogP contribution in [0.2, 0.25) is 0 Å². The number of hydrogen-bond acceptors (Lipinski definition) is 5. The van der Waals surface area contributed by atoms with Crippen molar-refractivity contribution in [3.05, 3.63) is 58.6 Å². The first-order chi connectivity index (χ1) is 12.7. The SMILES string of the molecule is CC(C)NS(=O)(=O)c1ccc(Br)c(C(=O)OCC(=O)Nc2ccccc2)c1. The molecule has 0 fully saturated rings. The molecule has 0 bridgehead atoms. The molecule has 2 N–H and O–H groups in total. The highest BCUT2D eigenvalue weighted by molar-refractivity contribution is 9.10. The number of para-hydroxylation sites is 1. The number of ether oxygens (including phenoxy) is 1. The van der Waals surface area contributed by atoms with Gasteiger partial charge in [0, 0.05) is 16.2 Å². The predicted molar refractivity (Wildman–Crippen MR) is 105 cm³/mol. The van der Waals surface area contributed by atoms with Crippen molar-refractivity contribution in [2.75, 3.05) is 11.9 Å². The van der Waals surface area contributed by atoms with Gasteiger partial charge in [0.15, 0.2) is 6.61 Å². The van der Waals surface area contributed by atoms with Crippen molar-refractivity contribution in [1.82, 2.24) is 4.72 Å². The zero-order valence-corrected chi connectivity index (χ0v) is 17.1. The summed E-state index contributed by atoms with van der Waals surface area (Å²) >= 11 is 3.19. The van der Waals surface area contributed by atoms with Crippen LogP contribution in [0, 0.1) is 0 Å². The van der Waals surface area contributed by atoms with E-state index in [2.05, 4.69) is 26.0 Å². The van der Waals surface area contributed by atoms with Crippen LogP contribution in [0.3, 0.4) is 0 Å². The van der Waals surface area contributed by atoms with Crippen molar-refractivity contribution in [1.29, 1.82) is 0 Å². The molecule has 2 aromatic carbocycles. The molecule has 144 valence electrons. The Morgan fingerprint density at radius 1 is 1.11 bits per heavy atom. The lowest BCUT2D eigenvalue weighted by Gasteiger charge is -2.12. The van der Waals surface area contributed by atoms with Gasteiger partial charge in [0.05, 0.1) is 10.5 Å². The second kappa shape index (κ2) is 9.12. The fraction of sp³-hybridized carbons (Fsp3) is 0.222. The standard InChI is InChI=1S/C18H19BrN2O5S/c1-12(2)21-27(24,25)14-8-9-16(19)15(10-14)18(23)26-11-17(22)20-13-6-4-3-5-7-13/h3-10,12,21H,11H2,1-2H3,(H,20,22). The number of rotatable bonds is 7. The molecular weight excluding hydrogens is 436 g/mol. The molecule has 2 rings (SSSR count). The zero-order valence-electron chi connectivity index (χ0n) is 14.7. The molecule has 1 amide bonds. The van der Waals surface area contributed by atoms with Crippen LogP contribution in [0.15, 0.2) is 57.9 Å². The third-order valence-corrected chi connectivity index (χ3v) is 5.60. The highest BCUT2D eigenvalue weighted by Crippen LogP contribution is 2.22. The van der Waals surface area contributed by atoms with Crippen molar-refractivity contribution in [3.63, 3.8) is 0 Å². The number of hydrogen-bond donors (Lipinski definition) is 2. The molecule has 2 aromatic rings. The molecule has 0 spiro atoms. The van der Waals surface area contributed by atoms with Gasteiger partial charge in [0.1, 0.15) is 0 Å². The van der Waals surface area contributed by atoms with Gasteiger partial charge in [-0.2, -0.15) is 0 Å². The van der Waals surface area contributed by atoms with Crippen molar-refractivity contribution < 1.29 is 22.7 Å². The van der Waals surface area contributed by atoms with Gasteiger partial charge < -0.3 is 10.1 Å². The molecule has 0 aliphatic rings. The summed E-state index contributed by atoms with van der Waals surface area (Å²) in [5.41, 5.74) is 0.585. The highest BCUT2D eigenvalue weighted by Gasteiger charge is 2.20. The average molecular weight is 455 g/mol. The number of sulfonamides is 1. The first kappa shape index (κ1) is 21.1. The maximum absolute atomic E-state index is 12.3. The maximum Gasteiger partial charge on any atom is 0.339 e.